The minimum absolute atomic E-state index is 0.0497. The first kappa shape index (κ1) is 45.6. The second-order valence-electron chi connectivity index (χ2n) is 12.2. The molecular formula is C48H63N3O2. The molecule has 5 nitrogen and oxygen atoms in total. The van der Waals surface area contributed by atoms with Crippen molar-refractivity contribution in [2.75, 3.05) is 11.9 Å². The monoisotopic (exact) mass is 713 g/mol. The van der Waals surface area contributed by atoms with Gasteiger partial charge in [0.1, 0.15) is 5.82 Å². The Kier molecular flexibility index (Phi) is 22.7. The van der Waals surface area contributed by atoms with Gasteiger partial charge in [-0.05, 0) is 85.7 Å². The number of benzene rings is 4. The first-order valence-electron chi connectivity index (χ1n) is 18.8. The van der Waals surface area contributed by atoms with Gasteiger partial charge >= 0.3 is 0 Å². The van der Waals surface area contributed by atoms with Crippen LogP contribution in [0, 0.1) is 19.8 Å². The molecule has 1 aromatic heterocycles. The molecule has 0 radical (unpaired) electrons. The predicted molar refractivity (Wildman–Crippen MR) is 231 cm³/mol. The van der Waals surface area contributed by atoms with Gasteiger partial charge in [-0.3, -0.25) is 4.79 Å². The third-order valence-electron chi connectivity index (χ3n) is 8.03. The number of ether oxygens (including phenoxy) is 1. The van der Waals surface area contributed by atoms with E-state index in [1.807, 2.05) is 120 Å². The van der Waals surface area contributed by atoms with E-state index >= 15 is 0 Å². The fraction of sp³-hybridized carbons (Fsp3) is 0.292. The number of anilines is 1. The molecule has 2 N–H and O–H groups in total. The number of nitrogens with one attached hydrogen (secondary N) is 2. The van der Waals surface area contributed by atoms with Crippen LogP contribution in [-0.4, -0.2) is 17.4 Å². The Morgan fingerprint density at radius 2 is 1.42 bits per heavy atom. The molecular weight excluding hydrogens is 651 g/mol. The number of carbonyl (C=O) groups excluding carboxylic acids is 1. The fourth-order valence-electron chi connectivity index (χ4n) is 5.02. The minimum atomic E-state index is 0.0497. The Morgan fingerprint density at radius 3 is 2.06 bits per heavy atom. The lowest BCUT2D eigenvalue weighted by molar-refractivity contribution is 0.103. The van der Waals surface area contributed by atoms with Crippen LogP contribution < -0.4 is 10.6 Å². The van der Waals surface area contributed by atoms with E-state index in [9.17, 15) is 4.79 Å². The number of ketones is 1. The maximum Gasteiger partial charge on any atom is 0.193 e. The van der Waals surface area contributed by atoms with E-state index in [4.69, 9.17) is 4.74 Å². The number of nitrogens with zero attached hydrogens (tertiary/aromatic N) is 1. The number of aryl methyl sites for hydroxylation is 1. The van der Waals surface area contributed by atoms with Gasteiger partial charge < -0.3 is 15.4 Å². The summed E-state index contributed by atoms with van der Waals surface area (Å²) in [6.07, 6.45) is 5.92. The van der Waals surface area contributed by atoms with Crippen molar-refractivity contribution in [3.05, 3.63) is 175 Å². The standard InChI is InChI=1S/C17H22N2O.C16H14O.C11H15N.2C2H6/c1-4-7-13(2)12-20-14(3)19-17-10-15-8-5-6-9-16(15)11-18-17;1-12(2)14-9-6-10-15(11-14)16(17)13-7-4-3-5-8-13;1-4-12-8-11-7-5-6-9(2)10(11)3;2*1-2/h5-6,8-11,13H,3-4,7,12H2,1-2H3,(H,18,19);3-11H,1H2,2H3;4-7,12H,1,8H2,2-3H3;2*1-2H3. The number of aromatic nitrogens is 1. The molecule has 1 heterocycles. The number of hydrogen-bond donors (Lipinski definition) is 2. The number of carbonyl (C=O) groups is 1. The predicted octanol–water partition coefficient (Wildman–Crippen LogP) is 13.1. The van der Waals surface area contributed by atoms with Gasteiger partial charge in [-0.1, -0.05) is 158 Å². The minimum Gasteiger partial charge on any atom is -0.479 e. The summed E-state index contributed by atoms with van der Waals surface area (Å²) in [6.45, 7) is 31.5. The van der Waals surface area contributed by atoms with Crippen LogP contribution in [0.15, 0.2) is 141 Å². The lowest BCUT2D eigenvalue weighted by Gasteiger charge is -2.15. The van der Waals surface area contributed by atoms with Crippen molar-refractivity contribution >= 4 is 27.9 Å². The molecule has 0 spiro atoms. The van der Waals surface area contributed by atoms with Crippen molar-refractivity contribution in [2.45, 2.75) is 81.7 Å². The molecule has 0 aliphatic heterocycles. The zero-order chi connectivity index (χ0) is 39.6. The van der Waals surface area contributed by atoms with Gasteiger partial charge in [0.2, 0.25) is 0 Å². The first-order valence-corrected chi connectivity index (χ1v) is 18.8. The highest BCUT2D eigenvalue weighted by Gasteiger charge is 2.09. The lowest BCUT2D eigenvalue weighted by Crippen LogP contribution is -2.10. The van der Waals surface area contributed by atoms with E-state index in [1.165, 1.54) is 29.5 Å². The van der Waals surface area contributed by atoms with Gasteiger partial charge in [-0.25, -0.2) is 4.98 Å². The quantitative estimate of drug-likeness (QED) is 0.0939. The van der Waals surface area contributed by atoms with Crippen molar-refractivity contribution in [1.29, 1.82) is 0 Å². The third kappa shape index (κ3) is 16.6. The molecule has 53 heavy (non-hydrogen) atoms. The number of allylic oxidation sites excluding steroid dienone is 1. The number of hydrogen-bond acceptors (Lipinski definition) is 5. The summed E-state index contributed by atoms with van der Waals surface area (Å²) in [7, 11) is 0. The highest BCUT2D eigenvalue weighted by molar-refractivity contribution is 6.09. The smallest absolute Gasteiger partial charge is 0.193 e. The molecule has 282 valence electrons. The van der Waals surface area contributed by atoms with Crippen LogP contribution >= 0.6 is 0 Å². The normalized spacial score (nSPS) is 10.1. The van der Waals surface area contributed by atoms with E-state index in [0.717, 1.165) is 34.3 Å². The third-order valence-corrected chi connectivity index (χ3v) is 8.03. The summed E-state index contributed by atoms with van der Waals surface area (Å²) in [5.74, 6) is 1.91. The largest absolute Gasteiger partial charge is 0.479 e. The topological polar surface area (TPSA) is 63.2 Å². The molecule has 0 aliphatic rings. The van der Waals surface area contributed by atoms with Crippen LogP contribution in [0.25, 0.3) is 16.3 Å². The molecule has 0 fully saturated rings. The van der Waals surface area contributed by atoms with Crippen molar-refractivity contribution < 1.29 is 9.53 Å². The maximum absolute atomic E-state index is 12.2. The van der Waals surface area contributed by atoms with Crippen molar-refractivity contribution in [3.63, 3.8) is 0 Å². The van der Waals surface area contributed by atoms with E-state index in [1.54, 1.807) is 6.20 Å². The molecule has 4 aromatic carbocycles. The molecule has 0 saturated heterocycles. The highest BCUT2D eigenvalue weighted by Crippen LogP contribution is 2.18. The van der Waals surface area contributed by atoms with Crippen LogP contribution in [0.2, 0.25) is 0 Å². The van der Waals surface area contributed by atoms with Crippen molar-refractivity contribution in [3.8, 4) is 0 Å². The molecule has 0 bridgehead atoms. The van der Waals surface area contributed by atoms with Crippen molar-refractivity contribution in [2.24, 2.45) is 5.92 Å². The molecule has 0 aliphatic carbocycles. The molecule has 1 unspecified atom stereocenters. The summed E-state index contributed by atoms with van der Waals surface area (Å²) in [5.41, 5.74) is 7.45. The Labute approximate surface area is 320 Å². The van der Waals surface area contributed by atoms with E-state index in [2.05, 4.69) is 87.3 Å². The van der Waals surface area contributed by atoms with Gasteiger partial charge in [-0.2, -0.15) is 0 Å². The number of pyridine rings is 1. The molecule has 5 heteroatoms. The zero-order valence-corrected chi connectivity index (χ0v) is 33.8. The Hall–Kier alpha value is -5.42. The summed E-state index contributed by atoms with van der Waals surface area (Å²) >= 11 is 0. The second-order valence-corrected chi connectivity index (χ2v) is 12.2. The van der Waals surface area contributed by atoms with Crippen molar-refractivity contribution in [1.82, 2.24) is 10.3 Å². The summed E-state index contributed by atoms with van der Waals surface area (Å²) in [4.78, 5) is 16.5. The molecule has 5 rings (SSSR count). The van der Waals surface area contributed by atoms with E-state index in [0.29, 0.717) is 29.5 Å². The lowest BCUT2D eigenvalue weighted by atomic mass is 9.99. The molecule has 0 amide bonds. The zero-order valence-electron chi connectivity index (χ0n) is 33.8. The summed E-state index contributed by atoms with van der Waals surface area (Å²) < 4.78 is 5.63. The van der Waals surface area contributed by atoms with E-state index < -0.39 is 0 Å². The average molecular weight is 714 g/mol. The fourth-order valence-corrected chi connectivity index (χ4v) is 5.02. The van der Waals surface area contributed by atoms with Gasteiger partial charge in [0.15, 0.2) is 11.7 Å². The van der Waals surface area contributed by atoms with Crippen LogP contribution in [0.1, 0.15) is 99.5 Å². The second kappa shape index (κ2) is 26.4. The van der Waals surface area contributed by atoms with Crippen LogP contribution in [-0.2, 0) is 11.3 Å². The van der Waals surface area contributed by atoms with Gasteiger partial charge in [-0.15, -0.1) is 0 Å². The summed E-state index contributed by atoms with van der Waals surface area (Å²) in [6, 6.07) is 33.4. The van der Waals surface area contributed by atoms with E-state index in [-0.39, 0.29) is 5.78 Å². The number of fused-ring (bicyclic) bond motifs is 1. The van der Waals surface area contributed by atoms with Gasteiger partial charge in [0.25, 0.3) is 0 Å². The van der Waals surface area contributed by atoms with Crippen LogP contribution in [0.3, 0.4) is 0 Å². The SMILES string of the molecule is C=C(C)c1cccc(C(=O)c2ccccc2)c1.C=C(Nc1cc2ccccc2cn1)OCC(C)CCC.C=CNCc1cccc(C)c1C.CC.CC. The van der Waals surface area contributed by atoms with Gasteiger partial charge in [0.05, 0.1) is 6.61 Å². The Balaban J connectivity index is 0.000000389. The first-order chi connectivity index (χ1) is 25.6. The summed E-state index contributed by atoms with van der Waals surface area (Å²) in [5, 5.41) is 8.48. The molecule has 0 saturated carbocycles. The average Bonchev–Trinajstić information content (AvgIpc) is 3.20. The van der Waals surface area contributed by atoms with Crippen LogP contribution in [0.5, 0.6) is 0 Å². The Bertz CT molecular complexity index is 1830. The molecule has 5 aromatic rings. The van der Waals surface area contributed by atoms with Gasteiger partial charge in [0, 0.05) is 29.3 Å². The number of rotatable bonds is 13. The maximum atomic E-state index is 12.2. The molecule has 1 atom stereocenters. The Morgan fingerprint density at radius 1 is 0.811 bits per heavy atom. The van der Waals surface area contributed by atoms with Crippen LogP contribution in [0.4, 0.5) is 5.82 Å². The highest BCUT2D eigenvalue weighted by atomic mass is 16.5.